The van der Waals surface area contributed by atoms with Gasteiger partial charge >= 0.3 is 0 Å². The number of rotatable bonds is 5. The van der Waals surface area contributed by atoms with Crippen molar-refractivity contribution >= 4 is 21.6 Å². The molecule has 0 bridgehead atoms. The molecule has 98 valence electrons. The molecule has 0 atom stereocenters. The van der Waals surface area contributed by atoms with Crippen LogP contribution in [-0.2, 0) is 10.0 Å². The van der Waals surface area contributed by atoms with Crippen molar-refractivity contribution in [1.29, 1.82) is 0 Å². The Bertz CT molecular complexity index is 579. The Morgan fingerprint density at radius 1 is 1.39 bits per heavy atom. The van der Waals surface area contributed by atoms with E-state index in [4.69, 9.17) is 11.5 Å². The summed E-state index contributed by atoms with van der Waals surface area (Å²) in [4.78, 5) is 10.9. The van der Waals surface area contributed by atoms with Gasteiger partial charge in [-0.25, -0.2) is 13.1 Å². The molecule has 0 spiro atoms. The first-order valence-electron chi connectivity index (χ1n) is 5.59. The van der Waals surface area contributed by atoms with Crippen LogP contribution in [0.4, 0.5) is 5.69 Å². The summed E-state index contributed by atoms with van der Waals surface area (Å²) in [6.45, 7) is 0.430. The van der Waals surface area contributed by atoms with Gasteiger partial charge in [-0.2, -0.15) is 0 Å². The van der Waals surface area contributed by atoms with E-state index < -0.39 is 15.9 Å². The van der Waals surface area contributed by atoms with Gasteiger partial charge in [-0.3, -0.25) is 4.79 Å². The van der Waals surface area contributed by atoms with E-state index >= 15 is 0 Å². The van der Waals surface area contributed by atoms with E-state index in [0.717, 1.165) is 12.8 Å². The largest absolute Gasteiger partial charge is 0.398 e. The number of anilines is 1. The van der Waals surface area contributed by atoms with Gasteiger partial charge in [-0.05, 0) is 37.0 Å². The predicted octanol–water partition coefficient (Wildman–Crippen LogP) is 0.0560. The van der Waals surface area contributed by atoms with Crippen molar-refractivity contribution < 1.29 is 13.2 Å². The zero-order valence-corrected chi connectivity index (χ0v) is 10.5. The normalized spacial score (nSPS) is 15.6. The molecular weight excluding hydrogens is 254 g/mol. The number of hydrogen-bond acceptors (Lipinski definition) is 4. The molecule has 0 saturated heterocycles. The van der Waals surface area contributed by atoms with Gasteiger partial charge in [0.05, 0.1) is 5.69 Å². The highest BCUT2D eigenvalue weighted by molar-refractivity contribution is 7.89. The zero-order chi connectivity index (χ0) is 13.3. The van der Waals surface area contributed by atoms with Gasteiger partial charge in [0.15, 0.2) is 0 Å². The Kier molecular flexibility index (Phi) is 3.27. The molecule has 1 aliphatic rings. The Morgan fingerprint density at radius 3 is 2.56 bits per heavy atom. The van der Waals surface area contributed by atoms with E-state index in [1.54, 1.807) is 0 Å². The topological polar surface area (TPSA) is 115 Å². The number of benzene rings is 1. The molecule has 0 radical (unpaired) electrons. The first-order chi connectivity index (χ1) is 8.40. The molecule has 1 amide bonds. The highest BCUT2D eigenvalue weighted by Gasteiger charge is 2.25. The summed E-state index contributed by atoms with van der Waals surface area (Å²) in [5.74, 6) is -0.206. The third-order valence-electron chi connectivity index (χ3n) is 2.84. The molecular formula is C11H15N3O3S. The number of amides is 1. The highest BCUT2D eigenvalue weighted by atomic mass is 32.2. The Morgan fingerprint density at radius 2 is 2.06 bits per heavy atom. The Hall–Kier alpha value is -1.60. The van der Waals surface area contributed by atoms with Crippen LogP contribution in [0.5, 0.6) is 0 Å². The average molecular weight is 269 g/mol. The minimum absolute atomic E-state index is 0.0202. The predicted molar refractivity (Wildman–Crippen MR) is 67.3 cm³/mol. The number of carbonyl (C=O) groups excluding carboxylic acids is 1. The molecule has 0 aromatic heterocycles. The summed E-state index contributed by atoms with van der Waals surface area (Å²) in [5.41, 5.74) is 10.9. The number of nitrogen functional groups attached to an aromatic ring is 1. The fourth-order valence-corrected chi connectivity index (χ4v) is 2.80. The first-order valence-corrected chi connectivity index (χ1v) is 7.07. The summed E-state index contributed by atoms with van der Waals surface area (Å²) in [6.07, 6.45) is 2.11. The van der Waals surface area contributed by atoms with Gasteiger partial charge in [-0.1, -0.05) is 0 Å². The molecule has 0 unspecified atom stereocenters. The van der Waals surface area contributed by atoms with Crippen LogP contribution < -0.4 is 16.2 Å². The summed E-state index contributed by atoms with van der Waals surface area (Å²) >= 11 is 0. The summed E-state index contributed by atoms with van der Waals surface area (Å²) in [7, 11) is -3.62. The summed E-state index contributed by atoms with van der Waals surface area (Å²) in [5, 5.41) is 0. The van der Waals surface area contributed by atoms with Crippen LogP contribution in [0.15, 0.2) is 23.1 Å². The third kappa shape index (κ3) is 2.80. The lowest BCUT2D eigenvalue weighted by Crippen LogP contribution is -2.26. The molecule has 5 N–H and O–H groups in total. The molecule has 1 fully saturated rings. The van der Waals surface area contributed by atoms with Gasteiger partial charge in [0.25, 0.3) is 0 Å². The van der Waals surface area contributed by atoms with Crippen LogP contribution in [0.25, 0.3) is 0 Å². The maximum Gasteiger partial charge on any atom is 0.248 e. The van der Waals surface area contributed by atoms with Gasteiger partial charge in [0.2, 0.25) is 15.9 Å². The van der Waals surface area contributed by atoms with E-state index in [0.29, 0.717) is 12.5 Å². The van der Waals surface area contributed by atoms with Crippen LogP contribution in [0, 0.1) is 5.92 Å². The number of sulfonamides is 1. The van der Waals surface area contributed by atoms with Gasteiger partial charge in [-0.15, -0.1) is 0 Å². The summed E-state index contributed by atoms with van der Waals surface area (Å²) in [6, 6.07) is 3.92. The summed E-state index contributed by atoms with van der Waals surface area (Å²) < 4.78 is 26.4. The van der Waals surface area contributed by atoms with E-state index in [9.17, 15) is 13.2 Å². The smallest absolute Gasteiger partial charge is 0.248 e. The lowest BCUT2D eigenvalue weighted by Gasteiger charge is -2.09. The lowest BCUT2D eigenvalue weighted by atomic mass is 10.2. The number of carbonyl (C=O) groups is 1. The highest BCUT2D eigenvalue weighted by Crippen LogP contribution is 2.28. The van der Waals surface area contributed by atoms with Crippen LogP contribution in [-0.4, -0.2) is 20.9 Å². The van der Waals surface area contributed by atoms with Crippen molar-refractivity contribution in [3.63, 3.8) is 0 Å². The Balaban J connectivity index is 2.23. The molecule has 2 rings (SSSR count). The van der Waals surface area contributed by atoms with Crippen molar-refractivity contribution in [3.8, 4) is 0 Å². The molecule has 0 heterocycles. The standard InChI is InChI=1S/C11H15N3O3S/c12-9-5-8(11(13)15)3-4-10(9)18(16,17)14-6-7-1-2-7/h3-5,7,14H,1-2,6,12H2,(H2,13,15). The Labute approximate surface area is 105 Å². The van der Waals surface area contributed by atoms with Crippen molar-refractivity contribution in [1.82, 2.24) is 4.72 Å². The fraction of sp³-hybridized carbons (Fsp3) is 0.364. The molecule has 1 aliphatic carbocycles. The second-order valence-corrected chi connectivity index (χ2v) is 6.15. The average Bonchev–Trinajstić information content (AvgIpc) is 3.09. The first kappa shape index (κ1) is 12.8. The molecule has 7 heteroatoms. The molecule has 1 saturated carbocycles. The van der Waals surface area contributed by atoms with Crippen molar-refractivity contribution in [3.05, 3.63) is 23.8 Å². The third-order valence-corrected chi connectivity index (χ3v) is 4.34. The number of hydrogen-bond donors (Lipinski definition) is 3. The van der Waals surface area contributed by atoms with Crippen LogP contribution >= 0.6 is 0 Å². The maximum absolute atomic E-state index is 12.0. The lowest BCUT2D eigenvalue weighted by molar-refractivity contribution is 0.1000. The SMILES string of the molecule is NC(=O)c1ccc(S(=O)(=O)NCC2CC2)c(N)c1. The van der Waals surface area contributed by atoms with Crippen LogP contribution in [0.2, 0.25) is 0 Å². The van der Waals surface area contributed by atoms with E-state index in [1.165, 1.54) is 18.2 Å². The number of nitrogens with one attached hydrogen (secondary N) is 1. The molecule has 6 nitrogen and oxygen atoms in total. The van der Waals surface area contributed by atoms with Gasteiger partial charge < -0.3 is 11.5 Å². The zero-order valence-electron chi connectivity index (χ0n) is 9.72. The van der Waals surface area contributed by atoms with Gasteiger partial charge in [0, 0.05) is 12.1 Å². The van der Waals surface area contributed by atoms with E-state index in [2.05, 4.69) is 4.72 Å². The number of primary amides is 1. The van der Waals surface area contributed by atoms with Crippen molar-refractivity contribution in [2.24, 2.45) is 11.7 Å². The molecule has 1 aromatic carbocycles. The van der Waals surface area contributed by atoms with Crippen molar-refractivity contribution in [2.75, 3.05) is 12.3 Å². The minimum atomic E-state index is -3.62. The maximum atomic E-state index is 12.0. The second kappa shape index (κ2) is 4.58. The van der Waals surface area contributed by atoms with Crippen LogP contribution in [0.3, 0.4) is 0 Å². The second-order valence-electron chi connectivity index (χ2n) is 4.41. The minimum Gasteiger partial charge on any atom is -0.398 e. The fourth-order valence-electron chi connectivity index (χ4n) is 1.57. The molecule has 18 heavy (non-hydrogen) atoms. The van der Waals surface area contributed by atoms with Crippen molar-refractivity contribution in [2.45, 2.75) is 17.7 Å². The van der Waals surface area contributed by atoms with E-state index in [-0.39, 0.29) is 16.1 Å². The van der Waals surface area contributed by atoms with Gasteiger partial charge in [0.1, 0.15) is 4.90 Å². The van der Waals surface area contributed by atoms with E-state index in [1.807, 2.05) is 0 Å². The monoisotopic (exact) mass is 269 g/mol. The quantitative estimate of drug-likeness (QED) is 0.655. The number of nitrogens with two attached hydrogens (primary N) is 2. The molecule has 1 aromatic rings. The van der Waals surface area contributed by atoms with Crippen LogP contribution in [0.1, 0.15) is 23.2 Å². The molecule has 0 aliphatic heterocycles.